The van der Waals surface area contributed by atoms with E-state index in [9.17, 15) is 14.7 Å². The van der Waals surface area contributed by atoms with Gasteiger partial charge >= 0.3 is 0 Å². The molecule has 1 aromatic carbocycles. The molecule has 1 aromatic heterocycles. The Labute approximate surface area is 153 Å². The van der Waals surface area contributed by atoms with Crippen LogP contribution in [-0.2, 0) is 16.8 Å². The zero-order valence-electron chi connectivity index (χ0n) is 15.7. The zero-order valence-corrected chi connectivity index (χ0v) is 15.7. The molecule has 26 heavy (non-hydrogen) atoms. The maximum atomic E-state index is 12.8. The van der Waals surface area contributed by atoms with E-state index in [-0.39, 0.29) is 35.8 Å². The van der Waals surface area contributed by atoms with Crippen LogP contribution in [0.5, 0.6) is 0 Å². The summed E-state index contributed by atoms with van der Waals surface area (Å²) < 4.78 is 1.37. The smallest absolute Gasteiger partial charge is 0.261 e. The second-order valence-corrected chi connectivity index (χ2v) is 8.17. The van der Waals surface area contributed by atoms with E-state index in [0.29, 0.717) is 17.3 Å². The van der Waals surface area contributed by atoms with Crippen molar-refractivity contribution in [2.45, 2.75) is 64.1 Å². The van der Waals surface area contributed by atoms with Crippen molar-refractivity contribution in [2.24, 2.45) is 0 Å². The Bertz CT molecular complexity index is 867. The van der Waals surface area contributed by atoms with E-state index in [4.69, 9.17) is 0 Å². The summed E-state index contributed by atoms with van der Waals surface area (Å²) in [5.41, 5.74) is 1.42. The van der Waals surface area contributed by atoms with Crippen LogP contribution in [0.4, 0.5) is 0 Å². The Morgan fingerprint density at radius 2 is 2.15 bits per heavy atom. The molecule has 3 rings (SSSR count). The molecule has 0 bridgehead atoms. The van der Waals surface area contributed by atoms with Gasteiger partial charge in [0, 0.05) is 12.5 Å². The van der Waals surface area contributed by atoms with E-state index in [0.717, 1.165) is 18.5 Å². The van der Waals surface area contributed by atoms with Crippen LogP contribution >= 0.6 is 0 Å². The number of Topliss-reactive ketones (excluding diaryl/α,β-unsaturated/α-hetero) is 1. The summed E-state index contributed by atoms with van der Waals surface area (Å²) in [6.45, 7) is 7.06. The van der Waals surface area contributed by atoms with Crippen LogP contribution in [0.15, 0.2) is 29.3 Å². The van der Waals surface area contributed by atoms with Gasteiger partial charge in [-0.2, -0.15) is 0 Å². The molecule has 140 valence electrons. The summed E-state index contributed by atoms with van der Waals surface area (Å²) >= 11 is 0. The number of aromatic nitrogens is 2. The number of hydrogen-bond donors (Lipinski definition) is 2. The molecule has 6 nitrogen and oxygen atoms in total. The van der Waals surface area contributed by atoms with Crippen LogP contribution < -0.4 is 10.9 Å². The highest BCUT2D eigenvalue weighted by Crippen LogP contribution is 2.24. The Morgan fingerprint density at radius 3 is 2.85 bits per heavy atom. The molecule has 6 heteroatoms. The van der Waals surface area contributed by atoms with Crippen molar-refractivity contribution in [1.82, 2.24) is 14.9 Å². The van der Waals surface area contributed by atoms with Gasteiger partial charge in [0.1, 0.15) is 0 Å². The number of fused-ring (bicyclic) bond motifs is 1. The number of carbonyl (C=O) groups excluding carboxylic acids is 1. The third-order valence-corrected chi connectivity index (χ3v) is 5.03. The van der Waals surface area contributed by atoms with E-state index >= 15 is 0 Å². The average Bonchev–Trinajstić information content (AvgIpc) is 2.58. The minimum absolute atomic E-state index is 0.0214. The average molecular weight is 357 g/mol. The van der Waals surface area contributed by atoms with Crippen molar-refractivity contribution in [3.8, 4) is 0 Å². The number of benzene rings is 1. The van der Waals surface area contributed by atoms with E-state index in [2.05, 4.69) is 31.1 Å². The molecule has 0 amide bonds. The number of nitrogens with one attached hydrogen (secondary N) is 1. The number of aliphatic hydroxyl groups excluding tert-OH is 1. The second-order valence-electron chi connectivity index (χ2n) is 8.17. The largest absolute Gasteiger partial charge is 0.391 e. The van der Waals surface area contributed by atoms with Crippen LogP contribution in [0.1, 0.15) is 45.6 Å². The van der Waals surface area contributed by atoms with Gasteiger partial charge in [-0.3, -0.25) is 14.2 Å². The Hall–Kier alpha value is -2.05. The van der Waals surface area contributed by atoms with Crippen molar-refractivity contribution < 1.29 is 9.90 Å². The van der Waals surface area contributed by atoms with E-state index in [1.54, 1.807) is 0 Å². The van der Waals surface area contributed by atoms with Gasteiger partial charge in [-0.15, -0.1) is 0 Å². The van der Waals surface area contributed by atoms with Gasteiger partial charge in [-0.25, -0.2) is 4.98 Å². The number of nitrogens with zero attached hydrogens (tertiary/aromatic N) is 2. The van der Waals surface area contributed by atoms with Crippen molar-refractivity contribution in [2.75, 3.05) is 6.54 Å². The standard InChI is InChI=1S/C20H27N3O3/c1-20(2,3)13-6-7-16-15(9-13)19(26)23(12-22-16)11-14(24)10-17-18(25)5-4-8-21-17/h6-7,9,12,17-18,21,25H,4-5,8,10-11H2,1-3H3/t17-,18+/m1/s1. The Kier molecular flexibility index (Phi) is 5.25. The monoisotopic (exact) mass is 357 g/mol. The van der Waals surface area contributed by atoms with E-state index in [1.807, 2.05) is 18.2 Å². The lowest BCUT2D eigenvalue weighted by Gasteiger charge is -2.28. The molecule has 0 radical (unpaired) electrons. The Balaban J connectivity index is 1.82. The molecule has 2 aromatic rings. The number of rotatable bonds is 4. The van der Waals surface area contributed by atoms with Crippen LogP contribution in [0, 0.1) is 0 Å². The summed E-state index contributed by atoms with van der Waals surface area (Å²) in [6, 6.07) is 5.48. The maximum absolute atomic E-state index is 12.8. The molecule has 1 saturated heterocycles. The maximum Gasteiger partial charge on any atom is 0.261 e. The van der Waals surface area contributed by atoms with Gasteiger partial charge in [0.05, 0.1) is 29.9 Å². The van der Waals surface area contributed by atoms with Crippen LogP contribution in [-0.4, -0.2) is 39.1 Å². The first kappa shape index (κ1) is 18.7. The first-order valence-corrected chi connectivity index (χ1v) is 9.18. The van der Waals surface area contributed by atoms with Gasteiger partial charge in [0.2, 0.25) is 0 Å². The fourth-order valence-corrected chi connectivity index (χ4v) is 3.38. The normalized spacial score (nSPS) is 21.1. The molecule has 2 heterocycles. The first-order chi connectivity index (χ1) is 12.3. The molecule has 2 N–H and O–H groups in total. The summed E-state index contributed by atoms with van der Waals surface area (Å²) in [6.07, 6.45) is 2.76. The number of hydrogen-bond acceptors (Lipinski definition) is 5. The fourth-order valence-electron chi connectivity index (χ4n) is 3.38. The van der Waals surface area contributed by atoms with Crippen LogP contribution in [0.3, 0.4) is 0 Å². The van der Waals surface area contributed by atoms with Gasteiger partial charge < -0.3 is 10.4 Å². The number of carbonyl (C=O) groups is 1. The molecular weight excluding hydrogens is 330 g/mol. The number of ketones is 1. The highest BCUT2D eigenvalue weighted by molar-refractivity contribution is 5.81. The number of aliphatic hydroxyl groups is 1. The number of piperidine rings is 1. The van der Waals surface area contributed by atoms with Crippen molar-refractivity contribution in [3.05, 3.63) is 40.4 Å². The lowest BCUT2D eigenvalue weighted by Crippen LogP contribution is -2.46. The summed E-state index contributed by atoms with van der Waals surface area (Å²) in [7, 11) is 0. The molecule has 0 saturated carbocycles. The Morgan fingerprint density at radius 1 is 1.38 bits per heavy atom. The lowest BCUT2D eigenvalue weighted by atomic mass is 9.86. The highest BCUT2D eigenvalue weighted by atomic mass is 16.3. The molecule has 0 unspecified atom stereocenters. The van der Waals surface area contributed by atoms with Crippen LogP contribution in [0.25, 0.3) is 10.9 Å². The first-order valence-electron chi connectivity index (χ1n) is 9.18. The van der Waals surface area contributed by atoms with E-state index < -0.39 is 6.10 Å². The van der Waals surface area contributed by atoms with Crippen LogP contribution in [0.2, 0.25) is 0 Å². The topological polar surface area (TPSA) is 84.2 Å². The van der Waals surface area contributed by atoms with Crippen molar-refractivity contribution in [1.29, 1.82) is 0 Å². The molecule has 1 aliphatic heterocycles. The predicted molar refractivity (Wildman–Crippen MR) is 101 cm³/mol. The molecule has 1 aliphatic rings. The molecular formula is C20H27N3O3. The van der Waals surface area contributed by atoms with Gasteiger partial charge in [-0.1, -0.05) is 26.8 Å². The molecule has 2 atom stereocenters. The second kappa shape index (κ2) is 7.29. The van der Waals surface area contributed by atoms with Gasteiger partial charge in [0.15, 0.2) is 5.78 Å². The third-order valence-electron chi connectivity index (χ3n) is 5.03. The summed E-state index contributed by atoms with van der Waals surface area (Å²) in [5, 5.41) is 13.7. The molecule has 1 fully saturated rings. The summed E-state index contributed by atoms with van der Waals surface area (Å²) in [4.78, 5) is 29.5. The van der Waals surface area contributed by atoms with Crippen molar-refractivity contribution in [3.63, 3.8) is 0 Å². The van der Waals surface area contributed by atoms with Gasteiger partial charge in [-0.05, 0) is 42.5 Å². The zero-order chi connectivity index (χ0) is 18.9. The van der Waals surface area contributed by atoms with E-state index in [1.165, 1.54) is 10.9 Å². The quantitative estimate of drug-likeness (QED) is 0.871. The SMILES string of the molecule is CC(C)(C)c1ccc2ncn(CC(=O)C[C@H]3NCCC[C@@H]3O)c(=O)c2c1. The fraction of sp³-hybridized carbons (Fsp3) is 0.550. The van der Waals surface area contributed by atoms with Crippen molar-refractivity contribution >= 4 is 16.7 Å². The van der Waals surface area contributed by atoms with Gasteiger partial charge in [0.25, 0.3) is 5.56 Å². The predicted octanol–water partition coefficient (Wildman–Crippen LogP) is 1.77. The minimum atomic E-state index is -0.506. The highest BCUT2D eigenvalue weighted by Gasteiger charge is 2.25. The molecule has 0 spiro atoms. The summed E-state index contributed by atoms with van der Waals surface area (Å²) in [5.74, 6) is -0.0846. The minimum Gasteiger partial charge on any atom is -0.391 e. The molecule has 0 aliphatic carbocycles. The lowest BCUT2D eigenvalue weighted by molar-refractivity contribution is -0.121. The third kappa shape index (κ3) is 4.02.